The third kappa shape index (κ3) is 2.53. The second-order valence-electron chi connectivity index (χ2n) is 2.65. The van der Waals surface area contributed by atoms with Crippen molar-refractivity contribution in [1.82, 2.24) is 0 Å². The van der Waals surface area contributed by atoms with Crippen molar-refractivity contribution >= 4 is 12.4 Å². The third-order valence-electron chi connectivity index (χ3n) is 1.66. The highest BCUT2D eigenvalue weighted by molar-refractivity contribution is 5.61. The van der Waals surface area contributed by atoms with E-state index in [-0.39, 0.29) is 6.42 Å². The summed E-state index contributed by atoms with van der Waals surface area (Å²) in [5.74, 6) is -0.394. The van der Waals surface area contributed by atoms with Gasteiger partial charge in [0.25, 0.3) is 0 Å². The lowest BCUT2D eigenvalue weighted by molar-refractivity contribution is -0.107. The molecule has 3 heteroatoms. The highest BCUT2D eigenvalue weighted by Gasteiger charge is 1.99. The van der Waals surface area contributed by atoms with Crippen LogP contribution in [-0.4, -0.2) is 6.29 Å². The minimum absolute atomic E-state index is 0.265. The summed E-state index contributed by atoms with van der Waals surface area (Å²) in [7, 11) is 0. The van der Waals surface area contributed by atoms with E-state index < -0.39 is 5.82 Å². The van der Waals surface area contributed by atoms with Crippen LogP contribution in [0.15, 0.2) is 24.3 Å². The number of carbonyl (C=O) groups excluding carboxylic acids is 1. The van der Waals surface area contributed by atoms with Gasteiger partial charge in [-0.25, -0.2) is 4.39 Å². The number of rotatable bonds is 3. The second kappa shape index (κ2) is 4.93. The normalized spacial score (nSPS) is 10.0. The molecule has 0 bridgehead atoms. The smallest absolute Gasteiger partial charge is 0.123 e. The molecule has 0 atom stereocenters. The van der Waals surface area contributed by atoms with Crippen molar-refractivity contribution in [3.63, 3.8) is 0 Å². The molecule has 0 radical (unpaired) electrons. The van der Waals surface area contributed by atoms with Crippen LogP contribution in [0.3, 0.4) is 0 Å². The van der Waals surface area contributed by atoms with E-state index in [1.165, 1.54) is 18.2 Å². The zero-order valence-corrected chi connectivity index (χ0v) is 7.40. The van der Waals surface area contributed by atoms with Gasteiger partial charge in [-0.2, -0.15) is 5.26 Å². The number of hydrogen-bond donors (Lipinski definition) is 0. The van der Waals surface area contributed by atoms with Crippen LogP contribution in [0.4, 0.5) is 4.39 Å². The summed E-state index contributed by atoms with van der Waals surface area (Å²) in [6.07, 6.45) is 4.15. The molecule has 0 saturated heterocycles. The van der Waals surface area contributed by atoms with Crippen molar-refractivity contribution < 1.29 is 9.18 Å². The van der Waals surface area contributed by atoms with Gasteiger partial charge in [0, 0.05) is 6.42 Å². The van der Waals surface area contributed by atoms with Gasteiger partial charge < -0.3 is 4.79 Å². The van der Waals surface area contributed by atoms with Crippen molar-refractivity contribution in [3.8, 4) is 6.07 Å². The number of halogens is 1. The molecular weight excluding hydrogens is 181 g/mol. The topological polar surface area (TPSA) is 40.9 Å². The quantitative estimate of drug-likeness (QED) is 0.684. The van der Waals surface area contributed by atoms with Gasteiger partial charge in [0.1, 0.15) is 12.1 Å². The Bertz CT molecular complexity index is 404. The highest BCUT2D eigenvalue weighted by atomic mass is 19.1. The molecule has 0 aliphatic heterocycles. The number of nitrogens with zero attached hydrogens (tertiary/aromatic N) is 1. The van der Waals surface area contributed by atoms with E-state index in [1.54, 1.807) is 12.2 Å². The number of allylic oxidation sites excluding steroid dienone is 1. The largest absolute Gasteiger partial charge is 0.303 e. The molecule has 0 saturated carbocycles. The minimum atomic E-state index is -0.394. The van der Waals surface area contributed by atoms with Gasteiger partial charge in [-0.3, -0.25) is 0 Å². The Labute approximate surface area is 81.3 Å². The Balaban J connectivity index is 3.00. The average molecular weight is 189 g/mol. The van der Waals surface area contributed by atoms with E-state index in [9.17, 15) is 9.18 Å². The first-order chi connectivity index (χ1) is 6.77. The summed E-state index contributed by atoms with van der Waals surface area (Å²) in [4.78, 5) is 10.0. The van der Waals surface area contributed by atoms with Crippen LogP contribution >= 0.6 is 0 Å². The molecule has 0 unspecified atom stereocenters. The predicted molar refractivity (Wildman–Crippen MR) is 50.8 cm³/mol. The Hall–Kier alpha value is -1.95. The van der Waals surface area contributed by atoms with Gasteiger partial charge in [0.05, 0.1) is 11.6 Å². The molecule has 0 heterocycles. The number of aldehydes is 1. The molecule has 0 aliphatic rings. The van der Waals surface area contributed by atoms with Crippen molar-refractivity contribution in [3.05, 3.63) is 41.2 Å². The van der Waals surface area contributed by atoms with E-state index in [1.807, 2.05) is 6.07 Å². The standard InChI is InChI=1S/C11H8FNO/c12-11-5-4-10(8-13)9(7-11)3-1-2-6-14/h1,3-7H,2H2. The van der Waals surface area contributed by atoms with Crippen molar-refractivity contribution in [1.29, 1.82) is 5.26 Å². The maximum atomic E-state index is 12.8. The maximum absolute atomic E-state index is 12.8. The fraction of sp³-hybridized carbons (Fsp3) is 0.0909. The molecule has 0 aromatic heterocycles. The van der Waals surface area contributed by atoms with Gasteiger partial charge in [0.2, 0.25) is 0 Å². The van der Waals surface area contributed by atoms with Crippen molar-refractivity contribution in [2.24, 2.45) is 0 Å². The Morgan fingerprint density at radius 2 is 2.29 bits per heavy atom. The second-order valence-corrected chi connectivity index (χ2v) is 2.65. The summed E-state index contributed by atoms with van der Waals surface area (Å²) in [6, 6.07) is 5.85. The van der Waals surface area contributed by atoms with Crippen molar-refractivity contribution in [2.75, 3.05) is 0 Å². The molecule has 0 N–H and O–H groups in total. The van der Waals surface area contributed by atoms with E-state index in [0.29, 0.717) is 11.1 Å². The molecule has 0 amide bonds. The summed E-state index contributed by atoms with van der Waals surface area (Å²) >= 11 is 0. The molecule has 1 rings (SSSR count). The van der Waals surface area contributed by atoms with E-state index in [2.05, 4.69) is 0 Å². The zero-order chi connectivity index (χ0) is 10.4. The summed E-state index contributed by atoms with van der Waals surface area (Å²) < 4.78 is 12.8. The number of carbonyl (C=O) groups is 1. The summed E-state index contributed by atoms with van der Waals surface area (Å²) in [5, 5.41) is 8.69. The number of nitriles is 1. The molecule has 0 aliphatic carbocycles. The fourth-order valence-corrected chi connectivity index (χ4v) is 1.02. The van der Waals surface area contributed by atoms with Gasteiger partial charge in [-0.05, 0) is 23.8 Å². The molecule has 1 aromatic carbocycles. The van der Waals surface area contributed by atoms with Crippen LogP contribution in [0.5, 0.6) is 0 Å². The molecular formula is C11H8FNO. The van der Waals surface area contributed by atoms with Crippen LogP contribution in [0.2, 0.25) is 0 Å². The molecule has 14 heavy (non-hydrogen) atoms. The van der Waals surface area contributed by atoms with Gasteiger partial charge in [0.15, 0.2) is 0 Å². The van der Waals surface area contributed by atoms with E-state index in [0.717, 1.165) is 6.29 Å². The van der Waals surface area contributed by atoms with Crippen LogP contribution < -0.4 is 0 Å². The predicted octanol–water partition coefficient (Wildman–Crippen LogP) is 2.30. The summed E-state index contributed by atoms with van der Waals surface area (Å²) in [6.45, 7) is 0. The zero-order valence-electron chi connectivity index (χ0n) is 7.40. The first-order valence-corrected chi connectivity index (χ1v) is 4.07. The van der Waals surface area contributed by atoms with E-state index in [4.69, 9.17) is 5.26 Å². The van der Waals surface area contributed by atoms with Crippen LogP contribution in [0, 0.1) is 17.1 Å². The first kappa shape index (κ1) is 10.1. The van der Waals surface area contributed by atoms with Gasteiger partial charge in [-0.1, -0.05) is 12.2 Å². The van der Waals surface area contributed by atoms with Crippen LogP contribution in [0.25, 0.3) is 6.08 Å². The molecule has 0 fully saturated rings. The van der Waals surface area contributed by atoms with E-state index >= 15 is 0 Å². The maximum Gasteiger partial charge on any atom is 0.123 e. The molecule has 70 valence electrons. The lowest BCUT2D eigenvalue weighted by atomic mass is 10.1. The van der Waals surface area contributed by atoms with Crippen LogP contribution in [0.1, 0.15) is 17.5 Å². The number of hydrogen-bond acceptors (Lipinski definition) is 2. The molecule has 2 nitrogen and oxygen atoms in total. The lowest BCUT2D eigenvalue weighted by Gasteiger charge is -1.96. The Morgan fingerprint density at radius 3 is 2.93 bits per heavy atom. The fourth-order valence-electron chi connectivity index (χ4n) is 1.02. The summed E-state index contributed by atoms with van der Waals surface area (Å²) in [5.41, 5.74) is 0.892. The highest BCUT2D eigenvalue weighted by Crippen LogP contribution is 2.12. The van der Waals surface area contributed by atoms with Crippen LogP contribution in [-0.2, 0) is 4.79 Å². The minimum Gasteiger partial charge on any atom is -0.303 e. The van der Waals surface area contributed by atoms with Crippen molar-refractivity contribution in [2.45, 2.75) is 6.42 Å². The SMILES string of the molecule is N#Cc1ccc(F)cc1C=CCC=O. The monoisotopic (exact) mass is 189 g/mol. The third-order valence-corrected chi connectivity index (χ3v) is 1.66. The Morgan fingerprint density at radius 1 is 1.50 bits per heavy atom. The van der Waals surface area contributed by atoms with Gasteiger partial charge >= 0.3 is 0 Å². The average Bonchev–Trinajstić information content (AvgIpc) is 2.19. The van der Waals surface area contributed by atoms with Gasteiger partial charge in [-0.15, -0.1) is 0 Å². The first-order valence-electron chi connectivity index (χ1n) is 4.07. The lowest BCUT2D eigenvalue weighted by Crippen LogP contribution is -1.84. The molecule has 1 aromatic rings. The Kier molecular flexibility index (Phi) is 3.57. The number of benzene rings is 1. The molecule has 0 spiro atoms.